The number of aromatic nitrogens is 1. The molecule has 1 aromatic heterocycles. The van der Waals surface area contributed by atoms with Crippen molar-refractivity contribution in [2.75, 3.05) is 19.7 Å². The van der Waals surface area contributed by atoms with Gasteiger partial charge < -0.3 is 14.7 Å². The molecule has 1 aliphatic heterocycles. The van der Waals surface area contributed by atoms with E-state index in [1.807, 2.05) is 30.5 Å². The molecule has 0 spiro atoms. The number of hydrogen-bond acceptors (Lipinski definition) is 6. The highest BCUT2D eigenvalue weighted by atomic mass is 32.2. The number of carbonyl (C=O) groups is 2. The van der Waals surface area contributed by atoms with Crippen LogP contribution in [-0.2, 0) is 15.3 Å². The van der Waals surface area contributed by atoms with Crippen LogP contribution >= 0.6 is 23.1 Å². The summed E-state index contributed by atoms with van der Waals surface area (Å²) in [5.41, 5.74) is 1.58. The summed E-state index contributed by atoms with van der Waals surface area (Å²) in [6.07, 6.45) is -0.963. The topological polar surface area (TPSA) is 79.7 Å². The fourth-order valence-corrected chi connectivity index (χ4v) is 4.20. The van der Waals surface area contributed by atoms with Crippen LogP contribution < -0.4 is 0 Å². The monoisotopic (exact) mass is 378 g/mol. The summed E-state index contributed by atoms with van der Waals surface area (Å²) in [4.78, 5) is 30.8. The molecule has 1 fully saturated rings. The molecule has 132 valence electrons. The molecule has 1 unspecified atom stereocenters. The molecule has 2 aromatic rings. The van der Waals surface area contributed by atoms with Crippen molar-refractivity contribution in [2.24, 2.45) is 0 Å². The van der Waals surface area contributed by atoms with Crippen LogP contribution in [0.2, 0.25) is 0 Å². The lowest BCUT2D eigenvalue weighted by atomic mass is 10.1. The van der Waals surface area contributed by atoms with Gasteiger partial charge in [-0.3, -0.25) is 4.79 Å². The maximum Gasteiger partial charge on any atom is 0.334 e. The maximum absolute atomic E-state index is 12.9. The van der Waals surface area contributed by atoms with Gasteiger partial charge in [0, 0.05) is 22.6 Å². The molecule has 1 amide bonds. The number of carboxylic acid groups (broad SMARTS) is 1. The number of hydrogen-bond donors (Lipinski definition) is 1. The number of rotatable bonds is 5. The average Bonchev–Trinajstić information content (AvgIpc) is 3.05. The molecule has 0 aliphatic carbocycles. The van der Waals surface area contributed by atoms with Crippen molar-refractivity contribution >= 4 is 35.0 Å². The van der Waals surface area contributed by atoms with Crippen molar-refractivity contribution < 1.29 is 19.4 Å². The number of amides is 1. The second kappa shape index (κ2) is 7.99. The number of aryl methyl sites for hydroxylation is 1. The van der Waals surface area contributed by atoms with Gasteiger partial charge in [0.1, 0.15) is 0 Å². The van der Waals surface area contributed by atoms with E-state index in [2.05, 4.69) is 4.98 Å². The molecule has 1 aromatic carbocycles. The lowest BCUT2D eigenvalue weighted by molar-refractivity contribution is -0.154. The smallest absolute Gasteiger partial charge is 0.334 e. The third kappa shape index (κ3) is 4.39. The largest absolute Gasteiger partial charge is 0.479 e. The zero-order valence-electron chi connectivity index (χ0n) is 13.7. The Labute approximate surface area is 153 Å². The molecule has 0 radical (unpaired) electrons. The summed E-state index contributed by atoms with van der Waals surface area (Å²) in [6.45, 7) is 2.66. The molecule has 1 N–H and O–H groups in total. The predicted molar refractivity (Wildman–Crippen MR) is 96.1 cm³/mol. The van der Waals surface area contributed by atoms with E-state index >= 15 is 0 Å². The molecule has 25 heavy (non-hydrogen) atoms. The number of thiazole rings is 1. The molecule has 1 aliphatic rings. The number of carbonyl (C=O) groups excluding carboxylic acids is 1. The quantitative estimate of drug-likeness (QED) is 0.806. The highest BCUT2D eigenvalue weighted by molar-refractivity contribution is 7.98. The minimum atomic E-state index is -1.04. The predicted octanol–water partition coefficient (Wildman–Crippen LogP) is 2.67. The van der Waals surface area contributed by atoms with Crippen LogP contribution in [0.25, 0.3) is 0 Å². The van der Waals surface area contributed by atoms with Crippen LogP contribution in [0.1, 0.15) is 21.1 Å². The van der Waals surface area contributed by atoms with Crippen LogP contribution in [0, 0.1) is 6.92 Å². The van der Waals surface area contributed by atoms with Crippen molar-refractivity contribution in [2.45, 2.75) is 23.7 Å². The Kier molecular flexibility index (Phi) is 5.72. The van der Waals surface area contributed by atoms with Crippen molar-refractivity contribution in [1.29, 1.82) is 0 Å². The van der Waals surface area contributed by atoms with Gasteiger partial charge in [0.15, 0.2) is 6.10 Å². The van der Waals surface area contributed by atoms with Gasteiger partial charge in [-0.1, -0.05) is 12.1 Å². The second-order valence-corrected chi connectivity index (χ2v) is 7.67. The van der Waals surface area contributed by atoms with Crippen LogP contribution in [-0.4, -0.2) is 52.7 Å². The van der Waals surface area contributed by atoms with E-state index in [4.69, 9.17) is 9.84 Å². The highest BCUT2D eigenvalue weighted by Gasteiger charge is 2.30. The number of benzene rings is 1. The minimum absolute atomic E-state index is 0.0679. The van der Waals surface area contributed by atoms with Crippen LogP contribution in [0.5, 0.6) is 0 Å². The van der Waals surface area contributed by atoms with Crippen LogP contribution in [0.15, 0.2) is 34.5 Å². The SMILES string of the molecule is Cc1nc(CSc2ccccc2C(=O)N2CCOC(C(=O)O)C2)cs1. The number of nitrogens with zero attached hydrogens (tertiary/aromatic N) is 2. The summed E-state index contributed by atoms with van der Waals surface area (Å²) in [5.74, 6) is -0.513. The molecule has 0 bridgehead atoms. The Balaban J connectivity index is 1.73. The summed E-state index contributed by atoms with van der Waals surface area (Å²) in [6, 6.07) is 7.40. The molecule has 8 heteroatoms. The molecular weight excluding hydrogens is 360 g/mol. The van der Waals surface area contributed by atoms with Gasteiger partial charge >= 0.3 is 5.97 Å². The van der Waals surface area contributed by atoms with Gasteiger partial charge in [-0.15, -0.1) is 23.1 Å². The van der Waals surface area contributed by atoms with Gasteiger partial charge in [-0.2, -0.15) is 0 Å². The Bertz CT molecular complexity index is 778. The number of carboxylic acids is 1. The molecule has 0 saturated carbocycles. The third-order valence-electron chi connectivity index (χ3n) is 3.79. The van der Waals surface area contributed by atoms with Gasteiger partial charge in [0.2, 0.25) is 0 Å². The summed E-state index contributed by atoms with van der Waals surface area (Å²) < 4.78 is 5.19. The Hall–Kier alpha value is -1.90. The van der Waals surface area contributed by atoms with E-state index < -0.39 is 12.1 Å². The Morgan fingerprint density at radius 2 is 2.24 bits per heavy atom. The standard InChI is InChI=1S/C17H18N2O4S2/c1-11-18-12(9-24-11)10-25-15-5-3-2-4-13(15)16(20)19-6-7-23-14(8-19)17(21)22/h2-5,9,14H,6-8,10H2,1H3,(H,21,22). The lowest BCUT2D eigenvalue weighted by Gasteiger charge is -2.31. The number of thioether (sulfide) groups is 1. The van der Waals surface area contributed by atoms with Gasteiger partial charge in [-0.05, 0) is 19.1 Å². The van der Waals surface area contributed by atoms with E-state index in [1.165, 1.54) is 0 Å². The lowest BCUT2D eigenvalue weighted by Crippen LogP contribution is -2.48. The summed E-state index contributed by atoms with van der Waals surface area (Å²) in [7, 11) is 0. The zero-order valence-corrected chi connectivity index (χ0v) is 15.3. The Morgan fingerprint density at radius 1 is 1.44 bits per heavy atom. The first-order valence-corrected chi connectivity index (χ1v) is 9.67. The molecule has 1 saturated heterocycles. The number of morpholine rings is 1. The third-order valence-corrected chi connectivity index (χ3v) is 5.72. The second-order valence-electron chi connectivity index (χ2n) is 5.59. The van der Waals surface area contributed by atoms with E-state index in [1.54, 1.807) is 34.1 Å². The number of aliphatic carboxylic acids is 1. The number of ether oxygens (including phenoxy) is 1. The first-order chi connectivity index (χ1) is 12.0. The van der Waals surface area contributed by atoms with E-state index in [0.29, 0.717) is 17.9 Å². The fourth-order valence-electron chi connectivity index (χ4n) is 2.55. The maximum atomic E-state index is 12.9. The van der Waals surface area contributed by atoms with Gasteiger partial charge in [0.25, 0.3) is 5.91 Å². The van der Waals surface area contributed by atoms with Gasteiger partial charge in [-0.25, -0.2) is 9.78 Å². The molecule has 3 rings (SSSR count). The van der Waals surface area contributed by atoms with Crippen molar-refractivity contribution in [3.63, 3.8) is 0 Å². The molecular formula is C17H18N2O4S2. The minimum Gasteiger partial charge on any atom is -0.479 e. The molecule has 1 atom stereocenters. The van der Waals surface area contributed by atoms with Gasteiger partial charge in [0.05, 0.1) is 29.4 Å². The van der Waals surface area contributed by atoms with Crippen molar-refractivity contribution in [3.05, 3.63) is 45.9 Å². The average molecular weight is 378 g/mol. The van der Waals surface area contributed by atoms with E-state index in [0.717, 1.165) is 15.6 Å². The van der Waals surface area contributed by atoms with E-state index in [9.17, 15) is 9.59 Å². The first kappa shape index (κ1) is 17.9. The summed E-state index contributed by atoms with van der Waals surface area (Å²) >= 11 is 3.17. The summed E-state index contributed by atoms with van der Waals surface area (Å²) in [5, 5.41) is 12.1. The van der Waals surface area contributed by atoms with E-state index in [-0.39, 0.29) is 19.1 Å². The normalized spacial score (nSPS) is 17.5. The highest BCUT2D eigenvalue weighted by Crippen LogP contribution is 2.28. The zero-order chi connectivity index (χ0) is 17.8. The Morgan fingerprint density at radius 3 is 2.96 bits per heavy atom. The molecule has 6 nitrogen and oxygen atoms in total. The molecule has 2 heterocycles. The van der Waals surface area contributed by atoms with Crippen LogP contribution in [0.4, 0.5) is 0 Å². The first-order valence-electron chi connectivity index (χ1n) is 7.81. The van der Waals surface area contributed by atoms with Crippen molar-refractivity contribution in [3.8, 4) is 0 Å². The van der Waals surface area contributed by atoms with Crippen molar-refractivity contribution in [1.82, 2.24) is 9.88 Å². The fraction of sp³-hybridized carbons (Fsp3) is 0.353. The van der Waals surface area contributed by atoms with Crippen LogP contribution in [0.3, 0.4) is 0 Å².